The summed E-state index contributed by atoms with van der Waals surface area (Å²) < 4.78 is 11.1. The second-order valence-electron chi connectivity index (χ2n) is 3.71. The summed E-state index contributed by atoms with van der Waals surface area (Å²) in [4.78, 5) is 0. The average Bonchev–Trinajstić information content (AvgIpc) is 2.26. The Labute approximate surface area is 105 Å². The van der Waals surface area contributed by atoms with Gasteiger partial charge in [-0.3, -0.25) is 0 Å². The van der Waals surface area contributed by atoms with Gasteiger partial charge in [-0.2, -0.15) is 0 Å². The molecule has 0 amide bonds. The zero-order chi connectivity index (χ0) is 12.0. The molecule has 0 radical (unpaired) electrons. The van der Waals surface area contributed by atoms with Crippen molar-refractivity contribution in [3.63, 3.8) is 0 Å². The quantitative estimate of drug-likeness (QED) is 0.874. The highest BCUT2D eigenvalue weighted by molar-refractivity contribution is 9.10. The minimum Gasteiger partial charge on any atom is -0.496 e. The van der Waals surface area contributed by atoms with E-state index in [2.05, 4.69) is 15.9 Å². The Balaban J connectivity index is 2.57. The highest BCUT2D eigenvalue weighted by Gasteiger charge is 2.06. The molecule has 0 aromatic heterocycles. The van der Waals surface area contributed by atoms with Gasteiger partial charge < -0.3 is 15.2 Å². The first-order valence-electron chi connectivity index (χ1n) is 5.24. The Morgan fingerprint density at radius 1 is 1.38 bits per heavy atom. The monoisotopic (exact) mass is 287 g/mol. The van der Waals surface area contributed by atoms with E-state index in [0.29, 0.717) is 6.61 Å². The summed E-state index contributed by atoms with van der Waals surface area (Å²) in [5.74, 6) is 0.842. The Kier molecular flexibility index (Phi) is 5.80. The molecule has 1 aromatic rings. The Hall–Kier alpha value is -0.580. The maximum atomic E-state index is 5.99. The number of rotatable bonds is 6. The lowest BCUT2D eigenvalue weighted by Gasteiger charge is -2.12. The van der Waals surface area contributed by atoms with Crippen LogP contribution in [0.15, 0.2) is 22.7 Å². The van der Waals surface area contributed by atoms with Crippen LogP contribution in [0.3, 0.4) is 0 Å². The molecular formula is C12H18BrNO2. The first-order chi connectivity index (χ1) is 7.67. The van der Waals surface area contributed by atoms with E-state index < -0.39 is 0 Å². The summed E-state index contributed by atoms with van der Waals surface area (Å²) in [5, 5.41) is 0. The Morgan fingerprint density at radius 2 is 2.12 bits per heavy atom. The van der Waals surface area contributed by atoms with Crippen LogP contribution in [0.5, 0.6) is 5.75 Å². The molecule has 4 heteroatoms. The number of ether oxygens (including phenoxy) is 2. The molecule has 1 unspecified atom stereocenters. The molecule has 2 N–H and O–H groups in total. The number of benzene rings is 1. The lowest BCUT2D eigenvalue weighted by atomic mass is 10.0. The molecule has 0 heterocycles. The van der Waals surface area contributed by atoms with Crippen LogP contribution in [-0.4, -0.2) is 26.9 Å². The van der Waals surface area contributed by atoms with Gasteiger partial charge in [0, 0.05) is 19.8 Å². The van der Waals surface area contributed by atoms with Crippen LogP contribution in [0, 0.1) is 0 Å². The van der Waals surface area contributed by atoms with E-state index in [1.54, 1.807) is 14.2 Å². The zero-order valence-corrected chi connectivity index (χ0v) is 11.3. The molecule has 0 aliphatic carbocycles. The van der Waals surface area contributed by atoms with E-state index in [1.165, 1.54) is 5.56 Å². The molecule has 1 rings (SSSR count). The second-order valence-corrected chi connectivity index (χ2v) is 4.57. The number of hydrogen-bond donors (Lipinski definition) is 1. The van der Waals surface area contributed by atoms with Gasteiger partial charge in [0.1, 0.15) is 5.75 Å². The molecule has 0 aliphatic heterocycles. The van der Waals surface area contributed by atoms with E-state index in [-0.39, 0.29) is 6.04 Å². The fraction of sp³-hybridized carbons (Fsp3) is 0.500. The first kappa shape index (κ1) is 13.5. The molecule has 1 atom stereocenters. The van der Waals surface area contributed by atoms with E-state index in [0.717, 1.165) is 23.1 Å². The fourth-order valence-corrected chi connectivity index (χ4v) is 2.10. The molecule has 3 nitrogen and oxygen atoms in total. The van der Waals surface area contributed by atoms with Crippen molar-refractivity contribution in [1.29, 1.82) is 0 Å². The van der Waals surface area contributed by atoms with Crippen molar-refractivity contribution >= 4 is 15.9 Å². The van der Waals surface area contributed by atoms with Crippen molar-refractivity contribution in [1.82, 2.24) is 0 Å². The summed E-state index contributed by atoms with van der Waals surface area (Å²) in [6, 6.07) is 6.17. The number of hydrogen-bond acceptors (Lipinski definition) is 3. The number of nitrogens with two attached hydrogens (primary N) is 1. The Bertz CT molecular complexity index is 331. The minimum absolute atomic E-state index is 0.139. The van der Waals surface area contributed by atoms with Crippen LogP contribution in [0.1, 0.15) is 12.0 Å². The topological polar surface area (TPSA) is 44.5 Å². The predicted molar refractivity (Wildman–Crippen MR) is 68.9 cm³/mol. The maximum absolute atomic E-state index is 5.99. The van der Waals surface area contributed by atoms with Crippen molar-refractivity contribution in [2.75, 3.05) is 20.8 Å². The SMILES string of the molecule is COCCC(N)Cc1ccc(OC)c(Br)c1. The molecule has 0 saturated heterocycles. The van der Waals surface area contributed by atoms with Gasteiger partial charge in [0.15, 0.2) is 0 Å². The zero-order valence-electron chi connectivity index (χ0n) is 9.70. The van der Waals surface area contributed by atoms with Crippen LogP contribution >= 0.6 is 15.9 Å². The van der Waals surface area contributed by atoms with E-state index in [4.69, 9.17) is 15.2 Å². The van der Waals surface area contributed by atoms with Gasteiger partial charge in [-0.05, 0) is 46.5 Å². The molecule has 0 spiro atoms. The van der Waals surface area contributed by atoms with Crippen molar-refractivity contribution < 1.29 is 9.47 Å². The van der Waals surface area contributed by atoms with Gasteiger partial charge in [0.2, 0.25) is 0 Å². The van der Waals surface area contributed by atoms with Gasteiger partial charge in [-0.1, -0.05) is 6.07 Å². The molecule has 1 aromatic carbocycles. The molecule has 16 heavy (non-hydrogen) atoms. The van der Waals surface area contributed by atoms with Gasteiger partial charge >= 0.3 is 0 Å². The van der Waals surface area contributed by atoms with E-state index >= 15 is 0 Å². The maximum Gasteiger partial charge on any atom is 0.133 e. The number of methoxy groups -OCH3 is 2. The first-order valence-corrected chi connectivity index (χ1v) is 6.03. The van der Waals surface area contributed by atoms with Gasteiger partial charge in [-0.25, -0.2) is 0 Å². The van der Waals surface area contributed by atoms with Crippen LogP contribution in [0.2, 0.25) is 0 Å². The Morgan fingerprint density at radius 3 is 2.69 bits per heavy atom. The van der Waals surface area contributed by atoms with Crippen LogP contribution in [0.4, 0.5) is 0 Å². The van der Waals surface area contributed by atoms with E-state index in [1.807, 2.05) is 18.2 Å². The molecule has 0 fully saturated rings. The van der Waals surface area contributed by atoms with Crippen LogP contribution in [-0.2, 0) is 11.2 Å². The lowest BCUT2D eigenvalue weighted by Crippen LogP contribution is -2.24. The molecule has 0 bridgehead atoms. The molecule has 0 aliphatic rings. The van der Waals surface area contributed by atoms with Crippen LogP contribution in [0.25, 0.3) is 0 Å². The summed E-state index contributed by atoms with van der Waals surface area (Å²) in [5.41, 5.74) is 7.19. The highest BCUT2D eigenvalue weighted by Crippen LogP contribution is 2.25. The third-order valence-electron chi connectivity index (χ3n) is 2.41. The minimum atomic E-state index is 0.139. The van der Waals surface area contributed by atoms with E-state index in [9.17, 15) is 0 Å². The summed E-state index contributed by atoms with van der Waals surface area (Å²) in [6.45, 7) is 0.707. The molecule has 0 saturated carbocycles. The molecular weight excluding hydrogens is 270 g/mol. The second kappa shape index (κ2) is 6.89. The smallest absolute Gasteiger partial charge is 0.133 e. The summed E-state index contributed by atoms with van der Waals surface area (Å²) >= 11 is 3.46. The summed E-state index contributed by atoms with van der Waals surface area (Å²) in [6.07, 6.45) is 1.73. The largest absolute Gasteiger partial charge is 0.496 e. The number of halogens is 1. The van der Waals surface area contributed by atoms with Crippen LogP contribution < -0.4 is 10.5 Å². The normalized spacial score (nSPS) is 12.5. The van der Waals surface area contributed by atoms with Crippen molar-refractivity contribution in [2.24, 2.45) is 5.73 Å². The highest BCUT2D eigenvalue weighted by atomic mass is 79.9. The lowest BCUT2D eigenvalue weighted by molar-refractivity contribution is 0.188. The van der Waals surface area contributed by atoms with Gasteiger partial charge in [-0.15, -0.1) is 0 Å². The van der Waals surface area contributed by atoms with Crippen molar-refractivity contribution in [3.8, 4) is 5.75 Å². The van der Waals surface area contributed by atoms with Gasteiger partial charge in [0.05, 0.1) is 11.6 Å². The fourth-order valence-electron chi connectivity index (χ4n) is 1.51. The summed E-state index contributed by atoms with van der Waals surface area (Å²) in [7, 11) is 3.35. The van der Waals surface area contributed by atoms with Crippen molar-refractivity contribution in [3.05, 3.63) is 28.2 Å². The third-order valence-corrected chi connectivity index (χ3v) is 3.03. The van der Waals surface area contributed by atoms with Crippen molar-refractivity contribution in [2.45, 2.75) is 18.9 Å². The molecule has 90 valence electrons. The van der Waals surface area contributed by atoms with Gasteiger partial charge in [0.25, 0.3) is 0 Å². The average molecular weight is 288 g/mol. The predicted octanol–water partition coefficient (Wildman–Crippen LogP) is 2.36. The standard InChI is InChI=1S/C12H18BrNO2/c1-15-6-5-10(14)7-9-3-4-12(16-2)11(13)8-9/h3-4,8,10H,5-7,14H2,1-2H3. The third kappa shape index (κ3) is 4.12.